The lowest BCUT2D eigenvalue weighted by atomic mass is 10.1. The Hall–Kier alpha value is -3.37. The van der Waals surface area contributed by atoms with Gasteiger partial charge >= 0.3 is 5.97 Å². The molecule has 1 fully saturated rings. The maximum absolute atomic E-state index is 13.0. The summed E-state index contributed by atoms with van der Waals surface area (Å²) in [6.45, 7) is -0.560. The van der Waals surface area contributed by atoms with Crippen LogP contribution in [0.15, 0.2) is 35.2 Å². The van der Waals surface area contributed by atoms with Crippen molar-refractivity contribution < 1.29 is 38.4 Å². The summed E-state index contributed by atoms with van der Waals surface area (Å²) in [6, 6.07) is 8.10. The fraction of sp³-hybridized carbons (Fsp3) is 0.190. The molecule has 0 saturated carbocycles. The van der Waals surface area contributed by atoms with Gasteiger partial charge in [0.15, 0.2) is 29.6 Å². The number of imide groups is 1. The van der Waals surface area contributed by atoms with E-state index in [0.717, 1.165) is 16.7 Å². The molecule has 9 nitrogen and oxygen atoms in total. The van der Waals surface area contributed by atoms with E-state index in [-0.39, 0.29) is 24.0 Å². The zero-order chi connectivity index (χ0) is 22.8. The molecule has 2 amide bonds. The highest BCUT2D eigenvalue weighted by Gasteiger charge is 2.36. The van der Waals surface area contributed by atoms with Gasteiger partial charge in [0.2, 0.25) is 6.79 Å². The van der Waals surface area contributed by atoms with Crippen LogP contribution in [0, 0.1) is 0 Å². The quantitative estimate of drug-likeness (QED) is 0.595. The molecule has 166 valence electrons. The molecule has 0 radical (unpaired) electrons. The van der Waals surface area contributed by atoms with Crippen molar-refractivity contribution in [2.24, 2.45) is 0 Å². The van der Waals surface area contributed by atoms with Gasteiger partial charge in [-0.15, -0.1) is 0 Å². The Balaban J connectivity index is 1.60. The first kappa shape index (κ1) is 21.8. The van der Waals surface area contributed by atoms with Gasteiger partial charge in [-0.25, -0.2) is 4.79 Å². The maximum atomic E-state index is 13.0. The molecule has 0 atom stereocenters. The molecule has 2 heterocycles. The Morgan fingerprint density at radius 1 is 1.28 bits per heavy atom. The Kier molecular flexibility index (Phi) is 6.15. The van der Waals surface area contributed by atoms with Crippen LogP contribution in [-0.4, -0.2) is 47.6 Å². The number of fused-ring (bicyclic) bond motifs is 1. The summed E-state index contributed by atoms with van der Waals surface area (Å²) < 4.78 is 21.2. The van der Waals surface area contributed by atoms with Crippen LogP contribution >= 0.6 is 23.4 Å². The number of para-hydroxylation sites is 1. The first-order valence-electron chi connectivity index (χ1n) is 9.22. The highest BCUT2D eigenvalue weighted by molar-refractivity contribution is 8.18. The van der Waals surface area contributed by atoms with Gasteiger partial charge in [0.25, 0.3) is 11.1 Å². The molecule has 4 rings (SSSR count). The smallest absolute Gasteiger partial charge is 0.341 e. The number of methoxy groups -OCH3 is 1. The van der Waals surface area contributed by atoms with Crippen LogP contribution in [0.25, 0.3) is 6.08 Å². The van der Waals surface area contributed by atoms with Gasteiger partial charge in [-0.05, 0) is 35.5 Å². The Labute approximate surface area is 191 Å². The van der Waals surface area contributed by atoms with Gasteiger partial charge in [-0.3, -0.25) is 14.5 Å². The van der Waals surface area contributed by atoms with Gasteiger partial charge in [-0.1, -0.05) is 23.7 Å². The summed E-state index contributed by atoms with van der Waals surface area (Å²) in [6.07, 6.45) is 1.46. The summed E-state index contributed by atoms with van der Waals surface area (Å²) in [4.78, 5) is 37.6. The average Bonchev–Trinajstić information content (AvgIpc) is 3.31. The molecule has 1 N–H and O–H groups in total. The topological polar surface area (TPSA) is 112 Å². The lowest BCUT2D eigenvalue weighted by Crippen LogP contribution is -2.27. The minimum Gasteiger partial charge on any atom is -0.493 e. The van der Waals surface area contributed by atoms with Crippen LogP contribution < -0.4 is 18.9 Å². The molecule has 0 unspecified atom stereocenters. The largest absolute Gasteiger partial charge is 0.493 e. The van der Waals surface area contributed by atoms with E-state index >= 15 is 0 Å². The maximum Gasteiger partial charge on any atom is 0.341 e. The summed E-state index contributed by atoms with van der Waals surface area (Å²) >= 11 is 7.04. The summed E-state index contributed by atoms with van der Waals surface area (Å²) in [5.74, 6) is -0.235. The zero-order valence-corrected chi connectivity index (χ0v) is 18.2. The lowest BCUT2D eigenvalue weighted by molar-refractivity contribution is -0.139. The van der Waals surface area contributed by atoms with Crippen LogP contribution in [0.3, 0.4) is 0 Å². The SMILES string of the molecule is COc1cccc(/C=C2/SC(=O)N(Cc3cc4c(cc3Cl)OCO4)C2=O)c1OCC(=O)O. The number of hydrogen-bond acceptors (Lipinski definition) is 8. The molecule has 32 heavy (non-hydrogen) atoms. The van der Waals surface area contributed by atoms with E-state index in [1.807, 2.05) is 0 Å². The summed E-state index contributed by atoms with van der Waals surface area (Å²) in [5, 5.41) is 8.80. The molecule has 2 aliphatic rings. The van der Waals surface area contributed by atoms with E-state index in [4.69, 9.17) is 35.7 Å². The number of halogens is 1. The van der Waals surface area contributed by atoms with Gasteiger partial charge in [0, 0.05) is 16.7 Å². The number of carboxylic acids is 1. The standard InChI is InChI=1S/C21H16ClNO8S/c1-28-14-4-2-3-11(19(14)29-9-18(24)25)6-17-20(26)23(21(27)32-17)8-12-5-15-16(7-13(12)22)31-10-30-15/h2-7H,8-10H2,1H3,(H,24,25)/b17-6+. The molecule has 1 saturated heterocycles. The van der Waals surface area contributed by atoms with E-state index in [9.17, 15) is 14.4 Å². The van der Waals surface area contributed by atoms with E-state index in [0.29, 0.717) is 33.4 Å². The highest BCUT2D eigenvalue weighted by Crippen LogP contribution is 2.40. The van der Waals surface area contributed by atoms with Crippen molar-refractivity contribution in [1.82, 2.24) is 4.90 Å². The van der Waals surface area contributed by atoms with Crippen LogP contribution in [0.1, 0.15) is 11.1 Å². The van der Waals surface area contributed by atoms with Crippen LogP contribution in [0.5, 0.6) is 23.0 Å². The number of nitrogens with zero attached hydrogens (tertiary/aromatic N) is 1. The number of carbonyl (C=O) groups is 3. The van der Waals surface area contributed by atoms with E-state index < -0.39 is 23.7 Å². The molecular weight excluding hydrogens is 462 g/mol. The number of thioether (sulfide) groups is 1. The number of benzene rings is 2. The molecule has 2 aromatic carbocycles. The first-order chi connectivity index (χ1) is 15.4. The molecule has 2 aromatic rings. The van der Waals surface area contributed by atoms with E-state index in [2.05, 4.69) is 0 Å². The number of carbonyl (C=O) groups excluding carboxylic acids is 2. The molecule has 0 bridgehead atoms. The zero-order valence-electron chi connectivity index (χ0n) is 16.6. The second-order valence-electron chi connectivity index (χ2n) is 6.63. The summed E-state index contributed by atoms with van der Waals surface area (Å²) in [7, 11) is 1.41. The second-order valence-corrected chi connectivity index (χ2v) is 8.03. The third-order valence-corrected chi connectivity index (χ3v) is 5.86. The van der Waals surface area contributed by atoms with Crippen LogP contribution in [0.2, 0.25) is 5.02 Å². The van der Waals surface area contributed by atoms with Crippen LogP contribution in [-0.2, 0) is 16.1 Å². The fourth-order valence-electron chi connectivity index (χ4n) is 3.12. The second kappa shape index (κ2) is 9.01. The monoisotopic (exact) mass is 477 g/mol. The number of rotatable bonds is 7. The molecule has 0 spiro atoms. The van der Waals surface area contributed by atoms with Crippen molar-refractivity contribution in [3.8, 4) is 23.0 Å². The van der Waals surface area contributed by atoms with Crippen molar-refractivity contribution in [3.05, 3.63) is 51.4 Å². The van der Waals surface area contributed by atoms with Gasteiger partial charge in [0.05, 0.1) is 18.6 Å². The summed E-state index contributed by atoms with van der Waals surface area (Å²) in [5.41, 5.74) is 0.934. The Bertz CT molecular complexity index is 1150. The van der Waals surface area contributed by atoms with Crippen molar-refractivity contribution in [3.63, 3.8) is 0 Å². The molecule has 2 aliphatic heterocycles. The molecule has 0 aromatic heterocycles. The normalized spacial score (nSPS) is 16.1. The van der Waals surface area contributed by atoms with Gasteiger partial charge < -0.3 is 24.1 Å². The van der Waals surface area contributed by atoms with Crippen molar-refractivity contribution in [2.75, 3.05) is 20.5 Å². The number of hydrogen-bond donors (Lipinski definition) is 1. The number of carboxylic acid groups (broad SMARTS) is 1. The van der Waals surface area contributed by atoms with E-state index in [1.54, 1.807) is 30.3 Å². The third-order valence-electron chi connectivity index (χ3n) is 4.60. The van der Waals surface area contributed by atoms with Gasteiger partial charge in [-0.2, -0.15) is 0 Å². The average molecular weight is 478 g/mol. The number of ether oxygens (including phenoxy) is 4. The Morgan fingerprint density at radius 2 is 2.03 bits per heavy atom. The molecule has 11 heteroatoms. The van der Waals surface area contributed by atoms with Crippen molar-refractivity contribution in [2.45, 2.75) is 6.54 Å². The number of amides is 2. The first-order valence-corrected chi connectivity index (χ1v) is 10.4. The van der Waals surface area contributed by atoms with Crippen molar-refractivity contribution in [1.29, 1.82) is 0 Å². The van der Waals surface area contributed by atoms with Crippen molar-refractivity contribution >= 4 is 46.6 Å². The van der Waals surface area contributed by atoms with E-state index in [1.165, 1.54) is 13.2 Å². The highest BCUT2D eigenvalue weighted by atomic mass is 35.5. The Morgan fingerprint density at radius 3 is 2.75 bits per heavy atom. The molecular formula is C21H16ClNO8S. The fourth-order valence-corrected chi connectivity index (χ4v) is 4.17. The minimum absolute atomic E-state index is 0.0437. The minimum atomic E-state index is -1.16. The third kappa shape index (κ3) is 4.32. The predicted octanol–water partition coefficient (Wildman–Crippen LogP) is 3.78. The predicted molar refractivity (Wildman–Crippen MR) is 115 cm³/mol. The number of aliphatic carboxylic acids is 1. The lowest BCUT2D eigenvalue weighted by Gasteiger charge is -2.14. The van der Waals surface area contributed by atoms with Crippen LogP contribution in [0.4, 0.5) is 4.79 Å². The molecule has 0 aliphatic carbocycles. The van der Waals surface area contributed by atoms with Gasteiger partial charge in [0.1, 0.15) is 0 Å².